The Morgan fingerprint density at radius 1 is 0.897 bits per heavy atom. The minimum Gasteiger partial charge on any atom is -0.490 e. The van der Waals surface area contributed by atoms with Gasteiger partial charge in [0.1, 0.15) is 17.4 Å². The second-order valence-electron chi connectivity index (χ2n) is 10.1. The van der Waals surface area contributed by atoms with E-state index in [4.69, 9.17) is 24.7 Å². The molecule has 0 aliphatic carbocycles. The average molecular weight is 541 g/mol. The van der Waals surface area contributed by atoms with E-state index in [1.807, 2.05) is 18.2 Å². The van der Waals surface area contributed by atoms with Crippen molar-refractivity contribution in [2.75, 3.05) is 19.8 Å². The van der Waals surface area contributed by atoms with Crippen LogP contribution in [0.25, 0.3) is 0 Å². The lowest BCUT2D eigenvalue weighted by molar-refractivity contribution is -0.139. The normalized spacial score (nSPS) is 15.1. The zero-order chi connectivity index (χ0) is 28.5. The molecule has 1 aliphatic heterocycles. The molecule has 39 heavy (non-hydrogen) atoms. The molecule has 7 nitrogen and oxygen atoms in total. The van der Waals surface area contributed by atoms with Crippen molar-refractivity contribution >= 4 is 5.97 Å². The summed E-state index contributed by atoms with van der Waals surface area (Å²) in [7, 11) is 0. The van der Waals surface area contributed by atoms with Gasteiger partial charge in [-0.3, -0.25) is 0 Å². The van der Waals surface area contributed by atoms with Crippen LogP contribution in [0.2, 0.25) is 0 Å². The quantitative estimate of drug-likeness (QED) is 0.141. The van der Waals surface area contributed by atoms with Crippen LogP contribution >= 0.6 is 0 Å². The number of unbranched alkanes of at least 4 members (excludes halogenated alkanes) is 10. The van der Waals surface area contributed by atoms with Gasteiger partial charge in [0.25, 0.3) is 0 Å². The van der Waals surface area contributed by atoms with Crippen LogP contribution in [0.15, 0.2) is 41.0 Å². The Bertz CT molecular complexity index is 1010. The highest BCUT2D eigenvalue weighted by molar-refractivity contribution is 5.92. The Morgan fingerprint density at radius 2 is 1.46 bits per heavy atom. The Kier molecular flexibility index (Phi) is 15.0. The van der Waals surface area contributed by atoms with E-state index < -0.39 is 11.9 Å². The van der Waals surface area contributed by atoms with Crippen LogP contribution in [0.4, 0.5) is 0 Å². The highest BCUT2D eigenvalue weighted by Gasteiger charge is 2.36. The lowest BCUT2D eigenvalue weighted by Gasteiger charge is -2.27. The van der Waals surface area contributed by atoms with E-state index in [2.05, 4.69) is 19.9 Å². The van der Waals surface area contributed by atoms with Crippen molar-refractivity contribution in [3.63, 3.8) is 0 Å². The first-order valence-corrected chi connectivity index (χ1v) is 14.8. The molecule has 1 aliphatic rings. The fraction of sp³-hybridized carbons (Fsp3) is 0.625. The summed E-state index contributed by atoms with van der Waals surface area (Å²) in [5.74, 6) is 0.346. The number of nitriles is 1. The summed E-state index contributed by atoms with van der Waals surface area (Å²) in [5.41, 5.74) is 7.22. The fourth-order valence-corrected chi connectivity index (χ4v) is 4.75. The summed E-state index contributed by atoms with van der Waals surface area (Å²) in [6.45, 7) is 9.22. The van der Waals surface area contributed by atoms with Gasteiger partial charge < -0.3 is 24.7 Å². The van der Waals surface area contributed by atoms with E-state index >= 15 is 0 Å². The van der Waals surface area contributed by atoms with Gasteiger partial charge >= 0.3 is 5.97 Å². The van der Waals surface area contributed by atoms with E-state index in [9.17, 15) is 10.1 Å². The van der Waals surface area contributed by atoms with Crippen molar-refractivity contribution in [2.24, 2.45) is 5.73 Å². The predicted octanol–water partition coefficient (Wildman–Crippen LogP) is 7.81. The lowest BCUT2D eigenvalue weighted by Crippen LogP contribution is -2.25. The molecular weight excluding hydrogens is 492 g/mol. The fourth-order valence-electron chi connectivity index (χ4n) is 4.75. The number of allylic oxidation sites excluding steroid dienone is 2. The number of nitrogens with two attached hydrogens (primary N) is 1. The average Bonchev–Trinajstić information content (AvgIpc) is 2.92. The summed E-state index contributed by atoms with van der Waals surface area (Å²) in [6.07, 6.45) is 14.1. The maximum absolute atomic E-state index is 12.9. The van der Waals surface area contributed by atoms with Crippen LogP contribution in [0.3, 0.4) is 0 Å². The van der Waals surface area contributed by atoms with E-state index in [1.165, 1.54) is 51.4 Å². The maximum atomic E-state index is 12.9. The van der Waals surface area contributed by atoms with Gasteiger partial charge in [-0.2, -0.15) is 5.26 Å². The first-order chi connectivity index (χ1) is 19.0. The number of rotatable bonds is 19. The number of carbonyl (C=O) groups is 1. The Morgan fingerprint density at radius 3 is 2.03 bits per heavy atom. The third kappa shape index (κ3) is 10.2. The first kappa shape index (κ1) is 32.1. The van der Waals surface area contributed by atoms with Gasteiger partial charge in [-0.1, -0.05) is 84.1 Å². The monoisotopic (exact) mass is 540 g/mol. The summed E-state index contributed by atoms with van der Waals surface area (Å²) in [5, 5.41) is 9.92. The van der Waals surface area contributed by atoms with Gasteiger partial charge in [0.15, 0.2) is 11.5 Å². The summed E-state index contributed by atoms with van der Waals surface area (Å²) in [6, 6.07) is 7.73. The van der Waals surface area contributed by atoms with Gasteiger partial charge in [-0.25, -0.2) is 4.79 Å². The van der Waals surface area contributed by atoms with Crippen LogP contribution in [0, 0.1) is 11.3 Å². The molecule has 0 amide bonds. The van der Waals surface area contributed by atoms with Crippen molar-refractivity contribution < 1.29 is 23.7 Å². The van der Waals surface area contributed by atoms with Crippen molar-refractivity contribution in [2.45, 2.75) is 111 Å². The molecule has 1 unspecified atom stereocenters. The topological polar surface area (TPSA) is 104 Å². The molecule has 0 radical (unpaired) electrons. The van der Waals surface area contributed by atoms with Crippen LogP contribution in [-0.2, 0) is 14.3 Å². The third-order valence-electron chi connectivity index (χ3n) is 6.91. The molecule has 0 fully saturated rings. The molecule has 0 saturated heterocycles. The summed E-state index contributed by atoms with van der Waals surface area (Å²) >= 11 is 0. The minimum atomic E-state index is -0.716. The van der Waals surface area contributed by atoms with Gasteiger partial charge in [0.05, 0.1) is 31.3 Å². The van der Waals surface area contributed by atoms with Crippen LogP contribution in [-0.4, -0.2) is 25.8 Å². The van der Waals surface area contributed by atoms with Gasteiger partial charge in [-0.05, 0) is 44.4 Å². The number of benzene rings is 1. The first-order valence-electron chi connectivity index (χ1n) is 14.8. The number of hydrogen-bond donors (Lipinski definition) is 1. The van der Waals surface area contributed by atoms with Crippen LogP contribution in [0.5, 0.6) is 11.5 Å². The zero-order valence-corrected chi connectivity index (χ0v) is 24.5. The number of carbonyl (C=O) groups excluding carboxylic acids is 1. The summed E-state index contributed by atoms with van der Waals surface area (Å²) in [4.78, 5) is 12.9. The molecule has 1 aromatic rings. The van der Waals surface area contributed by atoms with E-state index in [0.29, 0.717) is 36.0 Å². The highest BCUT2D eigenvalue weighted by atomic mass is 16.5. The van der Waals surface area contributed by atoms with Crippen molar-refractivity contribution in [1.29, 1.82) is 5.26 Å². The summed E-state index contributed by atoms with van der Waals surface area (Å²) < 4.78 is 23.2. The van der Waals surface area contributed by atoms with Crippen molar-refractivity contribution in [3.8, 4) is 17.6 Å². The molecule has 0 aromatic heterocycles. The molecule has 216 valence electrons. The molecule has 1 heterocycles. The second kappa shape index (κ2) is 18.2. The third-order valence-corrected chi connectivity index (χ3v) is 6.91. The molecule has 7 heteroatoms. The molecule has 0 saturated carbocycles. The molecule has 0 bridgehead atoms. The number of nitrogens with zero attached hydrogens (tertiary/aromatic N) is 1. The predicted molar refractivity (Wildman–Crippen MR) is 154 cm³/mol. The molecule has 2 rings (SSSR count). The Balaban J connectivity index is 2.26. The van der Waals surface area contributed by atoms with E-state index in [1.54, 1.807) is 13.8 Å². The Hall–Kier alpha value is -3.14. The molecule has 1 atom stereocenters. The largest absolute Gasteiger partial charge is 0.490 e. The van der Waals surface area contributed by atoms with Crippen molar-refractivity contribution in [3.05, 3.63) is 46.6 Å². The smallest absolute Gasteiger partial charge is 0.338 e. The number of hydrogen-bond acceptors (Lipinski definition) is 7. The second-order valence-corrected chi connectivity index (χ2v) is 10.1. The van der Waals surface area contributed by atoms with Crippen LogP contribution < -0.4 is 15.2 Å². The zero-order valence-electron chi connectivity index (χ0n) is 24.5. The van der Waals surface area contributed by atoms with Gasteiger partial charge in [-0.15, -0.1) is 0 Å². The standard InChI is InChI=1S/C32H48N2O5/c1-5-8-10-12-14-16-20-37-27-19-18-25(22-28(27)38-21-17-15-13-11-9-6-2)30-26(23-33)31(34)39-24(4)29(30)32(35)36-7-3/h18-19,22,30H,5-17,20-21,34H2,1-4H3. The highest BCUT2D eigenvalue weighted by Crippen LogP contribution is 2.42. The molecular formula is C32H48N2O5. The van der Waals surface area contributed by atoms with Crippen LogP contribution in [0.1, 0.15) is 116 Å². The molecule has 0 spiro atoms. The van der Waals surface area contributed by atoms with E-state index in [0.717, 1.165) is 25.7 Å². The maximum Gasteiger partial charge on any atom is 0.338 e. The van der Waals surface area contributed by atoms with Gasteiger partial charge in [0.2, 0.25) is 5.88 Å². The SMILES string of the molecule is CCCCCCCCOc1ccc(C2C(C#N)=C(N)OC(C)=C2C(=O)OCC)cc1OCCCCCCCC. The van der Waals surface area contributed by atoms with Crippen molar-refractivity contribution in [1.82, 2.24) is 0 Å². The number of esters is 1. The lowest BCUT2D eigenvalue weighted by atomic mass is 9.83. The molecule has 1 aromatic carbocycles. The minimum absolute atomic E-state index is 0.00834. The molecule has 2 N–H and O–H groups in total. The van der Waals surface area contributed by atoms with E-state index in [-0.39, 0.29) is 23.6 Å². The Labute approximate surface area is 235 Å². The van der Waals surface area contributed by atoms with Gasteiger partial charge in [0, 0.05) is 0 Å². The number of ether oxygens (including phenoxy) is 4.